The smallest absolute Gasteiger partial charge is 0.336 e. The maximum atomic E-state index is 12.4. The molecule has 3 N–H and O–H groups in total. The van der Waals surface area contributed by atoms with Crippen molar-refractivity contribution in [1.82, 2.24) is 0 Å². The van der Waals surface area contributed by atoms with Crippen molar-refractivity contribution in [2.75, 3.05) is 5.73 Å². The van der Waals surface area contributed by atoms with Gasteiger partial charge in [0.25, 0.3) is 0 Å². The average Bonchev–Trinajstić information content (AvgIpc) is 2.38. The summed E-state index contributed by atoms with van der Waals surface area (Å²) < 4.78 is 0. The summed E-state index contributed by atoms with van der Waals surface area (Å²) in [5.41, 5.74) is 7.32. The van der Waals surface area contributed by atoms with Gasteiger partial charge in [-0.25, -0.2) is 4.79 Å². The molecule has 2 aromatic carbocycles. The van der Waals surface area contributed by atoms with E-state index in [1.54, 1.807) is 24.3 Å². The van der Waals surface area contributed by atoms with E-state index in [0.29, 0.717) is 5.56 Å². The second kappa shape index (κ2) is 4.94. The lowest BCUT2D eigenvalue weighted by atomic mass is 9.96. The number of rotatable bonds is 3. The van der Waals surface area contributed by atoms with Crippen LogP contribution in [0, 0.1) is 6.92 Å². The molecule has 0 saturated heterocycles. The Morgan fingerprint density at radius 2 is 1.68 bits per heavy atom. The molecule has 4 heteroatoms. The van der Waals surface area contributed by atoms with Gasteiger partial charge in [0, 0.05) is 11.3 Å². The van der Waals surface area contributed by atoms with E-state index in [-0.39, 0.29) is 22.6 Å². The minimum atomic E-state index is -1.16. The van der Waals surface area contributed by atoms with E-state index in [1.807, 2.05) is 6.92 Å². The van der Waals surface area contributed by atoms with Gasteiger partial charge in [-0.15, -0.1) is 0 Å². The molecule has 2 rings (SSSR count). The fourth-order valence-corrected chi connectivity index (χ4v) is 1.85. The molecule has 0 unspecified atom stereocenters. The Hall–Kier alpha value is -2.62. The van der Waals surface area contributed by atoms with Gasteiger partial charge in [-0.3, -0.25) is 4.79 Å². The van der Waals surface area contributed by atoms with E-state index < -0.39 is 5.97 Å². The predicted molar refractivity (Wildman–Crippen MR) is 72.4 cm³/mol. The van der Waals surface area contributed by atoms with Gasteiger partial charge in [0.05, 0.1) is 11.1 Å². The first-order chi connectivity index (χ1) is 9.00. The number of anilines is 1. The fraction of sp³-hybridized carbons (Fsp3) is 0.0667. The lowest BCUT2D eigenvalue weighted by Gasteiger charge is -2.08. The standard InChI is InChI=1S/C15H13NO3/c1-9-5-7-10(8-6-9)14(17)13-11(15(18)19)3-2-4-12(13)16/h2-8H,16H2,1H3,(H,18,19). The molecule has 19 heavy (non-hydrogen) atoms. The lowest BCUT2D eigenvalue weighted by Crippen LogP contribution is -2.12. The van der Waals surface area contributed by atoms with Crippen LogP contribution in [0.15, 0.2) is 42.5 Å². The number of carboxylic acids is 1. The molecule has 2 aromatic rings. The monoisotopic (exact) mass is 255 g/mol. The van der Waals surface area contributed by atoms with Crippen LogP contribution in [0.5, 0.6) is 0 Å². The predicted octanol–water partition coefficient (Wildman–Crippen LogP) is 2.51. The summed E-state index contributed by atoms with van der Waals surface area (Å²) in [6.07, 6.45) is 0. The summed E-state index contributed by atoms with van der Waals surface area (Å²) in [5.74, 6) is -1.54. The van der Waals surface area contributed by atoms with Crippen molar-refractivity contribution in [2.45, 2.75) is 6.92 Å². The molecule has 0 heterocycles. The summed E-state index contributed by atoms with van der Waals surface area (Å²) in [5, 5.41) is 9.12. The van der Waals surface area contributed by atoms with E-state index in [9.17, 15) is 9.59 Å². The molecule has 0 spiro atoms. The zero-order valence-electron chi connectivity index (χ0n) is 10.4. The second-order valence-corrected chi connectivity index (χ2v) is 4.27. The Balaban J connectivity index is 2.55. The number of benzene rings is 2. The number of carboxylic acid groups (broad SMARTS) is 1. The van der Waals surface area contributed by atoms with E-state index in [1.165, 1.54) is 18.2 Å². The van der Waals surface area contributed by atoms with Crippen molar-refractivity contribution in [1.29, 1.82) is 0 Å². The van der Waals surface area contributed by atoms with E-state index >= 15 is 0 Å². The second-order valence-electron chi connectivity index (χ2n) is 4.27. The minimum absolute atomic E-state index is 0.0406. The highest BCUT2D eigenvalue weighted by Crippen LogP contribution is 2.21. The Morgan fingerprint density at radius 1 is 1.05 bits per heavy atom. The molecule has 0 aliphatic heterocycles. The molecule has 0 saturated carbocycles. The zero-order chi connectivity index (χ0) is 14.0. The highest BCUT2D eigenvalue weighted by Gasteiger charge is 2.20. The topological polar surface area (TPSA) is 80.4 Å². The van der Waals surface area contributed by atoms with Gasteiger partial charge in [0.1, 0.15) is 0 Å². The maximum Gasteiger partial charge on any atom is 0.336 e. The number of hydrogen-bond donors (Lipinski definition) is 2. The number of ketones is 1. The fourth-order valence-electron chi connectivity index (χ4n) is 1.85. The highest BCUT2D eigenvalue weighted by molar-refractivity contribution is 6.17. The summed E-state index contributed by atoms with van der Waals surface area (Å²) in [6, 6.07) is 11.3. The Morgan fingerprint density at radius 3 is 2.26 bits per heavy atom. The van der Waals surface area contributed by atoms with Crippen molar-refractivity contribution >= 4 is 17.4 Å². The quantitative estimate of drug-likeness (QED) is 0.652. The van der Waals surface area contributed by atoms with Gasteiger partial charge < -0.3 is 10.8 Å². The van der Waals surface area contributed by atoms with Gasteiger partial charge in [0.2, 0.25) is 0 Å². The SMILES string of the molecule is Cc1ccc(C(=O)c2c(N)cccc2C(=O)O)cc1. The lowest BCUT2D eigenvalue weighted by molar-refractivity contribution is 0.0693. The molecule has 0 aliphatic rings. The first-order valence-electron chi connectivity index (χ1n) is 5.74. The van der Waals surface area contributed by atoms with Gasteiger partial charge in [-0.1, -0.05) is 35.9 Å². The van der Waals surface area contributed by atoms with Crippen molar-refractivity contribution in [3.8, 4) is 0 Å². The number of aromatic carboxylic acids is 1. The van der Waals surface area contributed by atoms with E-state index in [2.05, 4.69) is 0 Å². The van der Waals surface area contributed by atoms with Crippen LogP contribution in [0.3, 0.4) is 0 Å². The maximum absolute atomic E-state index is 12.4. The molecular formula is C15H13NO3. The normalized spacial score (nSPS) is 10.2. The van der Waals surface area contributed by atoms with Crippen LogP contribution in [0.1, 0.15) is 31.8 Å². The minimum Gasteiger partial charge on any atom is -0.478 e. The van der Waals surface area contributed by atoms with Crippen molar-refractivity contribution in [3.05, 3.63) is 64.7 Å². The molecule has 0 atom stereocenters. The van der Waals surface area contributed by atoms with Gasteiger partial charge >= 0.3 is 5.97 Å². The molecule has 0 bridgehead atoms. The van der Waals surface area contributed by atoms with Gasteiger partial charge in [-0.05, 0) is 19.1 Å². The van der Waals surface area contributed by atoms with Crippen LogP contribution in [0.25, 0.3) is 0 Å². The van der Waals surface area contributed by atoms with E-state index in [4.69, 9.17) is 10.8 Å². The molecular weight excluding hydrogens is 242 g/mol. The van der Waals surface area contributed by atoms with Gasteiger partial charge in [-0.2, -0.15) is 0 Å². The summed E-state index contributed by atoms with van der Waals surface area (Å²) >= 11 is 0. The largest absolute Gasteiger partial charge is 0.478 e. The Bertz CT molecular complexity index is 645. The van der Waals surface area contributed by atoms with Crippen molar-refractivity contribution < 1.29 is 14.7 Å². The summed E-state index contributed by atoms with van der Waals surface area (Å²) in [6.45, 7) is 1.91. The van der Waals surface area contributed by atoms with Crippen LogP contribution < -0.4 is 5.73 Å². The molecule has 96 valence electrons. The van der Waals surface area contributed by atoms with Crippen LogP contribution in [0.2, 0.25) is 0 Å². The molecule has 0 aromatic heterocycles. The summed E-state index contributed by atoms with van der Waals surface area (Å²) in [7, 11) is 0. The molecule has 4 nitrogen and oxygen atoms in total. The Kier molecular flexibility index (Phi) is 3.33. The zero-order valence-corrected chi connectivity index (χ0v) is 10.4. The van der Waals surface area contributed by atoms with Crippen molar-refractivity contribution in [3.63, 3.8) is 0 Å². The number of hydrogen-bond acceptors (Lipinski definition) is 3. The van der Waals surface area contributed by atoms with Crippen molar-refractivity contribution in [2.24, 2.45) is 0 Å². The van der Waals surface area contributed by atoms with E-state index in [0.717, 1.165) is 5.56 Å². The first-order valence-corrected chi connectivity index (χ1v) is 5.74. The number of carbonyl (C=O) groups excluding carboxylic acids is 1. The molecule has 0 aliphatic carbocycles. The third-order valence-electron chi connectivity index (χ3n) is 2.87. The number of carbonyl (C=O) groups is 2. The van der Waals surface area contributed by atoms with Crippen LogP contribution in [0.4, 0.5) is 5.69 Å². The third kappa shape index (κ3) is 2.47. The number of nitrogen functional groups attached to an aromatic ring is 1. The third-order valence-corrected chi connectivity index (χ3v) is 2.87. The van der Waals surface area contributed by atoms with Crippen LogP contribution in [-0.4, -0.2) is 16.9 Å². The van der Waals surface area contributed by atoms with Gasteiger partial charge in [0.15, 0.2) is 5.78 Å². The molecule has 0 amide bonds. The number of aryl methyl sites for hydroxylation is 1. The molecule has 0 radical (unpaired) electrons. The Labute approximate surface area is 110 Å². The van der Waals surface area contributed by atoms with Crippen LogP contribution >= 0.6 is 0 Å². The average molecular weight is 255 g/mol. The highest BCUT2D eigenvalue weighted by atomic mass is 16.4. The van der Waals surface area contributed by atoms with Crippen LogP contribution in [-0.2, 0) is 0 Å². The number of nitrogens with two attached hydrogens (primary N) is 1. The molecule has 0 fully saturated rings. The first kappa shape index (κ1) is 12.8. The summed E-state index contributed by atoms with van der Waals surface area (Å²) in [4.78, 5) is 23.5.